The van der Waals surface area contributed by atoms with Crippen molar-refractivity contribution in [2.75, 3.05) is 26.8 Å². The van der Waals surface area contributed by atoms with Gasteiger partial charge in [0.2, 0.25) is 0 Å². The normalized spacial score (nSPS) is 16.9. The molecule has 1 unspecified atom stereocenters. The molecule has 2 atom stereocenters. The first-order valence-corrected chi connectivity index (χ1v) is 14.0. The van der Waals surface area contributed by atoms with Crippen molar-refractivity contribution in [3.8, 4) is 0 Å². The second-order valence-electron chi connectivity index (χ2n) is 9.72. The molecule has 0 amide bonds. The molecule has 4 rings (SSSR count). The van der Waals surface area contributed by atoms with Crippen LogP contribution in [0.1, 0.15) is 31.1 Å². The Morgan fingerprint density at radius 2 is 1.36 bits per heavy atom. The van der Waals surface area contributed by atoms with Crippen molar-refractivity contribution in [3.05, 3.63) is 96.6 Å². The van der Waals surface area contributed by atoms with Gasteiger partial charge in [0.25, 0.3) is 8.32 Å². The first-order chi connectivity index (χ1) is 17.2. The molecule has 1 fully saturated rings. The summed E-state index contributed by atoms with van der Waals surface area (Å²) in [6, 6.07) is 29.6. The van der Waals surface area contributed by atoms with Crippen LogP contribution in [0.25, 0.3) is 0 Å². The van der Waals surface area contributed by atoms with E-state index in [1.807, 2.05) is 23.1 Å². The highest BCUT2D eigenvalue weighted by Crippen LogP contribution is 2.36. The molecule has 6 nitrogen and oxygen atoms in total. The summed E-state index contributed by atoms with van der Waals surface area (Å²) in [5.41, 5.74) is 0.588. The second-order valence-corrected chi connectivity index (χ2v) is 14.0. The number of benzene rings is 3. The Morgan fingerprint density at radius 3 is 1.75 bits per heavy atom. The van der Waals surface area contributed by atoms with Gasteiger partial charge in [0, 0.05) is 19.7 Å². The van der Waals surface area contributed by atoms with Crippen molar-refractivity contribution in [2.24, 2.45) is 0 Å². The zero-order valence-corrected chi connectivity index (χ0v) is 22.4. The smallest absolute Gasteiger partial charge is 0.337 e. The van der Waals surface area contributed by atoms with Gasteiger partial charge in [-0.3, -0.25) is 9.69 Å². The Kier molecular flexibility index (Phi) is 9.20. The summed E-state index contributed by atoms with van der Waals surface area (Å²) in [5, 5.41) is 11.5. The topological polar surface area (TPSA) is 75.8 Å². The monoisotopic (exact) mass is 505 g/mol. The summed E-state index contributed by atoms with van der Waals surface area (Å²) in [7, 11) is -1.14. The van der Waals surface area contributed by atoms with Crippen LogP contribution < -0.4 is 10.4 Å². The van der Waals surface area contributed by atoms with E-state index in [0.29, 0.717) is 25.3 Å². The molecule has 1 heterocycles. The molecule has 36 heavy (non-hydrogen) atoms. The number of rotatable bonds is 8. The molecule has 0 aromatic heterocycles. The van der Waals surface area contributed by atoms with E-state index in [2.05, 4.69) is 74.0 Å². The van der Waals surface area contributed by atoms with Crippen LogP contribution in [-0.2, 0) is 14.0 Å². The number of methoxy groups -OCH3 is 1. The van der Waals surface area contributed by atoms with Crippen LogP contribution in [0, 0.1) is 0 Å². The minimum absolute atomic E-state index is 0.0548. The highest BCUT2D eigenvalue weighted by Gasteiger charge is 2.50. The largest absolute Gasteiger partial charge is 0.480 e. The molecule has 0 saturated carbocycles. The Hall–Kier alpha value is -3.26. The minimum atomic E-state index is -2.51. The van der Waals surface area contributed by atoms with Crippen molar-refractivity contribution >= 4 is 30.6 Å². The van der Waals surface area contributed by atoms with E-state index in [1.165, 1.54) is 17.5 Å². The Balaban J connectivity index is 0.000000303. The second kappa shape index (κ2) is 12.1. The highest BCUT2D eigenvalue weighted by molar-refractivity contribution is 6.99. The SMILES string of the molecule is CC(C)(C)[Si](OCC[N@@]1CC1C(=O)O)(c1ccccc1)c1ccccc1.COC(=O)c1ccccc1. The lowest BCUT2D eigenvalue weighted by Gasteiger charge is -2.43. The van der Waals surface area contributed by atoms with Crippen molar-refractivity contribution in [2.45, 2.75) is 31.9 Å². The number of carboxylic acids is 1. The van der Waals surface area contributed by atoms with Crippen molar-refractivity contribution in [1.82, 2.24) is 4.90 Å². The number of carboxylic acid groups (broad SMARTS) is 1. The lowest BCUT2D eigenvalue weighted by molar-refractivity contribution is -0.137. The van der Waals surface area contributed by atoms with Gasteiger partial charge < -0.3 is 14.3 Å². The molecule has 0 radical (unpaired) electrons. The summed E-state index contributed by atoms with van der Waals surface area (Å²) in [5.74, 6) is -1.03. The van der Waals surface area contributed by atoms with E-state index >= 15 is 0 Å². The zero-order valence-electron chi connectivity index (χ0n) is 21.4. The van der Waals surface area contributed by atoms with Gasteiger partial charge in [-0.1, -0.05) is 99.6 Å². The molecule has 0 bridgehead atoms. The molecule has 1 N–H and O–H groups in total. The molecule has 1 aliphatic heterocycles. The van der Waals surface area contributed by atoms with Crippen LogP contribution in [0.3, 0.4) is 0 Å². The summed E-state index contributed by atoms with van der Waals surface area (Å²) < 4.78 is 11.2. The quantitative estimate of drug-likeness (QED) is 0.285. The number of ether oxygens (including phenoxy) is 1. The van der Waals surface area contributed by atoms with Crippen LogP contribution in [0.5, 0.6) is 0 Å². The number of carbonyl (C=O) groups is 2. The van der Waals surface area contributed by atoms with Crippen LogP contribution in [0.15, 0.2) is 91.0 Å². The van der Waals surface area contributed by atoms with Gasteiger partial charge in [0.1, 0.15) is 6.04 Å². The fourth-order valence-electron chi connectivity index (χ4n) is 4.43. The molecular weight excluding hydrogens is 470 g/mol. The maximum atomic E-state index is 11.1. The Labute approximate surface area is 214 Å². The predicted molar refractivity (Wildman–Crippen MR) is 144 cm³/mol. The van der Waals surface area contributed by atoms with Crippen molar-refractivity contribution < 1.29 is 23.9 Å². The molecule has 7 heteroatoms. The number of esters is 1. The van der Waals surface area contributed by atoms with E-state index in [-0.39, 0.29) is 17.0 Å². The summed E-state index contributed by atoms with van der Waals surface area (Å²) in [6.07, 6.45) is 0. The van der Waals surface area contributed by atoms with E-state index in [9.17, 15) is 9.59 Å². The van der Waals surface area contributed by atoms with Crippen LogP contribution in [0.2, 0.25) is 5.04 Å². The average Bonchev–Trinajstić information content (AvgIpc) is 3.67. The molecule has 3 aromatic rings. The number of nitrogens with zero attached hydrogens (tertiary/aromatic N) is 1. The van der Waals surface area contributed by atoms with Crippen molar-refractivity contribution in [1.29, 1.82) is 0 Å². The van der Waals surface area contributed by atoms with Gasteiger partial charge in [-0.25, -0.2) is 4.79 Å². The summed E-state index contributed by atoms with van der Waals surface area (Å²) >= 11 is 0. The van der Waals surface area contributed by atoms with Gasteiger partial charge in [-0.15, -0.1) is 0 Å². The summed E-state index contributed by atoms with van der Waals surface area (Å²) in [6.45, 7) is 8.56. The third-order valence-corrected chi connectivity index (χ3v) is 11.4. The fourth-order valence-corrected chi connectivity index (χ4v) is 8.98. The third-order valence-electron chi connectivity index (χ3n) is 6.31. The van der Waals surface area contributed by atoms with Crippen LogP contribution >= 0.6 is 0 Å². The third kappa shape index (κ3) is 6.49. The number of hydrogen-bond acceptors (Lipinski definition) is 5. The van der Waals surface area contributed by atoms with Gasteiger partial charge in [-0.2, -0.15) is 0 Å². The fraction of sp³-hybridized carbons (Fsp3) is 0.310. The Bertz CT molecular complexity index is 1080. The van der Waals surface area contributed by atoms with Gasteiger partial charge in [-0.05, 0) is 27.5 Å². The number of hydrogen-bond donors (Lipinski definition) is 1. The number of aliphatic carboxylic acids is 1. The standard InChI is InChI=1S/C21H27NO3Si.C8H8O2/c1-21(2,3)26(17-10-6-4-7-11-17,18-12-8-5-9-13-18)25-15-14-22-16-19(22)20(23)24;1-10-8(9)7-5-3-2-4-6-7/h4-13,19H,14-16H2,1-3H3,(H,23,24);2-6H,1H3/t19?,22-;/m0./s1. The maximum absolute atomic E-state index is 11.1. The van der Waals surface area contributed by atoms with E-state index in [0.717, 1.165) is 0 Å². The van der Waals surface area contributed by atoms with E-state index in [4.69, 9.17) is 9.53 Å². The first kappa shape index (κ1) is 27.3. The van der Waals surface area contributed by atoms with E-state index < -0.39 is 14.3 Å². The Morgan fingerprint density at radius 1 is 0.889 bits per heavy atom. The molecular formula is C29H35NO5Si. The molecule has 190 valence electrons. The van der Waals surface area contributed by atoms with Crippen LogP contribution in [-0.4, -0.2) is 63.1 Å². The lowest BCUT2D eigenvalue weighted by atomic mass is 10.2. The van der Waals surface area contributed by atoms with Crippen LogP contribution in [0.4, 0.5) is 0 Å². The van der Waals surface area contributed by atoms with Gasteiger partial charge >= 0.3 is 11.9 Å². The average molecular weight is 506 g/mol. The van der Waals surface area contributed by atoms with Gasteiger partial charge in [0.05, 0.1) is 12.7 Å². The maximum Gasteiger partial charge on any atom is 0.337 e. The van der Waals surface area contributed by atoms with Crippen molar-refractivity contribution in [3.63, 3.8) is 0 Å². The van der Waals surface area contributed by atoms with Gasteiger partial charge in [0.15, 0.2) is 0 Å². The molecule has 3 aromatic carbocycles. The lowest BCUT2D eigenvalue weighted by Crippen LogP contribution is -2.66. The zero-order chi connectivity index (χ0) is 26.2. The first-order valence-electron chi connectivity index (χ1n) is 12.1. The molecule has 0 spiro atoms. The molecule has 1 saturated heterocycles. The molecule has 1 aliphatic rings. The number of carbonyl (C=O) groups excluding carboxylic acids is 1. The highest BCUT2D eigenvalue weighted by atomic mass is 28.4. The minimum Gasteiger partial charge on any atom is -0.480 e. The summed E-state index contributed by atoms with van der Waals surface area (Å²) in [4.78, 5) is 23.8. The molecule has 0 aliphatic carbocycles. The predicted octanol–water partition coefficient (Wildman–Crippen LogP) is 3.81. The van der Waals surface area contributed by atoms with E-state index in [1.54, 1.807) is 24.3 Å².